The van der Waals surface area contributed by atoms with E-state index in [1.54, 1.807) is 29.2 Å². The monoisotopic (exact) mass is 563 g/mol. The van der Waals surface area contributed by atoms with Gasteiger partial charge in [0.1, 0.15) is 17.4 Å². The number of aliphatic hydroxyl groups excluding tert-OH is 1. The van der Waals surface area contributed by atoms with E-state index in [0.717, 1.165) is 16.8 Å². The molecule has 3 saturated heterocycles. The predicted molar refractivity (Wildman–Crippen MR) is 156 cm³/mol. The lowest BCUT2D eigenvalue weighted by atomic mass is 9.62. The molecule has 3 N–H and O–H groups in total. The maximum atomic E-state index is 14.2. The van der Waals surface area contributed by atoms with Gasteiger partial charge in [-0.2, -0.15) is 0 Å². The third-order valence-electron chi connectivity index (χ3n) is 9.31. The number of aliphatic hydroxyl groups is 1. The molecule has 0 radical (unpaired) electrons. The molecule has 1 spiro atoms. The minimum Gasteiger partial charge on any atom is -0.494 e. The molecular weight excluding hydrogens is 522 g/mol. The molecular formula is C32H41N3O6. The molecule has 9 nitrogen and oxygen atoms in total. The number of ether oxygens (including phenoxy) is 2. The second-order valence-corrected chi connectivity index (χ2v) is 11.9. The normalized spacial score (nSPS) is 29.9. The quantitative estimate of drug-likeness (QED) is 0.376. The molecule has 0 aliphatic carbocycles. The second-order valence-electron chi connectivity index (χ2n) is 11.9. The summed E-state index contributed by atoms with van der Waals surface area (Å²) in [7, 11) is 0. The van der Waals surface area contributed by atoms with Gasteiger partial charge in [-0.15, -0.1) is 0 Å². The lowest BCUT2D eigenvalue weighted by molar-refractivity contribution is -0.144. The summed E-state index contributed by atoms with van der Waals surface area (Å²) in [4.78, 5) is 43.9. The third kappa shape index (κ3) is 4.78. The average Bonchev–Trinajstić information content (AvgIpc) is 3.44. The van der Waals surface area contributed by atoms with Crippen molar-refractivity contribution in [3.63, 3.8) is 0 Å². The number of nitrogens with one attached hydrogen (secondary N) is 2. The lowest BCUT2D eigenvalue weighted by Crippen LogP contribution is -2.54. The van der Waals surface area contributed by atoms with E-state index in [4.69, 9.17) is 9.47 Å². The van der Waals surface area contributed by atoms with E-state index < -0.39 is 29.1 Å². The number of nitrogens with zero attached hydrogens (tertiary/aromatic N) is 1. The van der Waals surface area contributed by atoms with Gasteiger partial charge in [-0.25, -0.2) is 0 Å². The zero-order valence-corrected chi connectivity index (χ0v) is 24.5. The standard InChI is InChI=1S/C32H41N3O6/c1-6-40-23-14-12-22(13-15-23)33-28(37)24-25-30(39)35(16-7-8-17-36)27(32(25)18-21(4)31(24,5)41-32)29(38)34-26-19(2)10-9-11-20(26)3/h9-15,21,24-25,27,36H,6-8,16-18H2,1-5H3,(H,33,37)(H,34,38)/t21?,24-,25+,27?,31+,32?/m1/s1. The Morgan fingerprint density at radius 3 is 2.39 bits per heavy atom. The van der Waals surface area contributed by atoms with Crippen molar-refractivity contribution < 1.29 is 29.0 Å². The number of amides is 3. The van der Waals surface area contributed by atoms with Crippen molar-refractivity contribution in [1.29, 1.82) is 0 Å². The van der Waals surface area contributed by atoms with Gasteiger partial charge in [-0.05, 0) is 88.3 Å². The topological polar surface area (TPSA) is 117 Å². The van der Waals surface area contributed by atoms with Crippen LogP contribution in [0.4, 0.5) is 11.4 Å². The number of para-hydroxylation sites is 1. The van der Waals surface area contributed by atoms with Crippen molar-refractivity contribution in [3.8, 4) is 5.75 Å². The summed E-state index contributed by atoms with van der Waals surface area (Å²) in [5.74, 6) is -1.78. The number of unbranched alkanes of at least 4 members (excludes halogenated alkanes) is 1. The van der Waals surface area contributed by atoms with Gasteiger partial charge >= 0.3 is 0 Å². The fourth-order valence-corrected chi connectivity index (χ4v) is 7.30. The first kappa shape index (κ1) is 29.1. The molecule has 41 heavy (non-hydrogen) atoms. The molecule has 0 saturated carbocycles. The highest BCUT2D eigenvalue weighted by Crippen LogP contribution is 2.65. The minimum atomic E-state index is -1.13. The molecule has 2 aromatic rings. The van der Waals surface area contributed by atoms with Crippen LogP contribution in [0, 0.1) is 31.6 Å². The number of carbonyl (C=O) groups excluding carboxylic acids is 3. The fourth-order valence-electron chi connectivity index (χ4n) is 7.30. The number of anilines is 2. The highest BCUT2D eigenvalue weighted by atomic mass is 16.5. The first-order valence-corrected chi connectivity index (χ1v) is 14.6. The number of likely N-dealkylation sites (tertiary alicyclic amines) is 1. The lowest BCUT2D eigenvalue weighted by Gasteiger charge is -2.36. The van der Waals surface area contributed by atoms with Crippen LogP contribution in [0.1, 0.15) is 51.2 Å². The first-order valence-electron chi connectivity index (χ1n) is 14.6. The molecule has 5 rings (SSSR count). The van der Waals surface area contributed by atoms with E-state index in [9.17, 15) is 19.5 Å². The molecule has 9 heteroatoms. The maximum absolute atomic E-state index is 14.2. The molecule has 3 aliphatic heterocycles. The number of aryl methyl sites for hydroxylation is 2. The van der Waals surface area contributed by atoms with Crippen molar-refractivity contribution in [3.05, 3.63) is 53.6 Å². The zero-order valence-electron chi connectivity index (χ0n) is 24.5. The molecule has 3 unspecified atom stereocenters. The third-order valence-corrected chi connectivity index (χ3v) is 9.31. The Morgan fingerprint density at radius 1 is 1.07 bits per heavy atom. The van der Waals surface area contributed by atoms with Crippen molar-refractivity contribution in [2.24, 2.45) is 17.8 Å². The van der Waals surface area contributed by atoms with Crippen LogP contribution in [-0.4, -0.2) is 64.7 Å². The summed E-state index contributed by atoms with van der Waals surface area (Å²) in [6.45, 7) is 10.5. The fraction of sp³-hybridized carbons (Fsp3) is 0.531. The molecule has 0 aromatic heterocycles. The average molecular weight is 564 g/mol. The summed E-state index contributed by atoms with van der Waals surface area (Å²) in [6, 6.07) is 12.0. The first-order chi connectivity index (χ1) is 19.6. The largest absolute Gasteiger partial charge is 0.494 e. The van der Waals surface area contributed by atoms with Gasteiger partial charge in [0.15, 0.2) is 0 Å². The summed E-state index contributed by atoms with van der Waals surface area (Å²) < 4.78 is 12.3. The van der Waals surface area contributed by atoms with Crippen LogP contribution < -0.4 is 15.4 Å². The summed E-state index contributed by atoms with van der Waals surface area (Å²) in [5.41, 5.74) is 1.12. The van der Waals surface area contributed by atoms with Gasteiger partial charge in [-0.1, -0.05) is 25.1 Å². The summed E-state index contributed by atoms with van der Waals surface area (Å²) >= 11 is 0. The number of hydrogen-bond acceptors (Lipinski definition) is 6. The molecule has 3 amide bonds. The number of fused-ring (bicyclic) bond motifs is 1. The van der Waals surface area contributed by atoms with Gasteiger partial charge in [0.25, 0.3) is 0 Å². The van der Waals surface area contributed by atoms with Crippen LogP contribution >= 0.6 is 0 Å². The highest BCUT2D eigenvalue weighted by Gasteiger charge is 2.79. The van der Waals surface area contributed by atoms with Crippen LogP contribution in [-0.2, 0) is 19.1 Å². The Kier molecular flexibility index (Phi) is 7.87. The van der Waals surface area contributed by atoms with E-state index >= 15 is 0 Å². The van der Waals surface area contributed by atoms with Crippen LogP contribution in [0.25, 0.3) is 0 Å². The predicted octanol–water partition coefficient (Wildman–Crippen LogP) is 4.06. The van der Waals surface area contributed by atoms with E-state index in [2.05, 4.69) is 10.6 Å². The van der Waals surface area contributed by atoms with Crippen molar-refractivity contribution in [2.75, 3.05) is 30.4 Å². The molecule has 2 bridgehead atoms. The van der Waals surface area contributed by atoms with Crippen LogP contribution in [0.2, 0.25) is 0 Å². The van der Waals surface area contributed by atoms with Gasteiger partial charge < -0.3 is 30.1 Å². The molecule has 3 fully saturated rings. The molecule has 2 aromatic carbocycles. The number of rotatable bonds is 10. The van der Waals surface area contributed by atoms with E-state index in [1.165, 1.54) is 0 Å². The van der Waals surface area contributed by atoms with Gasteiger partial charge in [0, 0.05) is 24.5 Å². The Bertz CT molecular complexity index is 1310. The molecule has 3 aliphatic rings. The van der Waals surface area contributed by atoms with Gasteiger partial charge in [-0.3, -0.25) is 14.4 Å². The van der Waals surface area contributed by atoms with Crippen molar-refractivity contribution in [2.45, 2.75) is 71.1 Å². The van der Waals surface area contributed by atoms with E-state index in [1.807, 2.05) is 52.8 Å². The summed E-state index contributed by atoms with van der Waals surface area (Å²) in [6.07, 6.45) is 1.53. The van der Waals surface area contributed by atoms with E-state index in [-0.39, 0.29) is 30.2 Å². The number of hydrogen-bond donors (Lipinski definition) is 3. The zero-order chi connectivity index (χ0) is 29.5. The van der Waals surface area contributed by atoms with Gasteiger partial charge in [0.2, 0.25) is 17.7 Å². The molecule has 220 valence electrons. The Balaban J connectivity index is 1.49. The van der Waals surface area contributed by atoms with Crippen LogP contribution in [0.3, 0.4) is 0 Å². The van der Waals surface area contributed by atoms with Crippen molar-refractivity contribution >= 4 is 29.1 Å². The maximum Gasteiger partial charge on any atom is 0.250 e. The van der Waals surface area contributed by atoms with Crippen LogP contribution in [0.15, 0.2) is 42.5 Å². The smallest absolute Gasteiger partial charge is 0.250 e. The number of carbonyl (C=O) groups is 3. The minimum absolute atomic E-state index is 0.00537. The van der Waals surface area contributed by atoms with E-state index in [0.29, 0.717) is 43.9 Å². The molecule has 3 heterocycles. The second kappa shape index (κ2) is 11.1. The van der Waals surface area contributed by atoms with Crippen LogP contribution in [0.5, 0.6) is 5.75 Å². The van der Waals surface area contributed by atoms with Gasteiger partial charge in [0.05, 0.1) is 24.0 Å². The highest BCUT2D eigenvalue weighted by molar-refractivity contribution is 6.05. The Hall–Kier alpha value is -3.43. The SMILES string of the molecule is CCOc1ccc(NC(=O)[C@H]2[C@H]3C(=O)N(CCCCO)C(C(=O)Nc4c(C)cccc4C)C34CC(C)[C@]2(C)O4)cc1. The number of benzene rings is 2. The van der Waals surface area contributed by atoms with Crippen molar-refractivity contribution in [1.82, 2.24) is 4.90 Å². The molecule has 6 atom stereocenters. The summed E-state index contributed by atoms with van der Waals surface area (Å²) in [5, 5.41) is 15.5. The Morgan fingerprint density at radius 2 is 1.76 bits per heavy atom. The Labute approximate surface area is 241 Å².